The maximum atomic E-state index is 13.5. The molecular formula is C28H27Cl2N3O4S. The zero-order valence-corrected chi connectivity index (χ0v) is 23.7. The molecule has 10 heteroatoms. The maximum Gasteiger partial charge on any atom is 0.253 e. The highest BCUT2D eigenvalue weighted by Gasteiger charge is 2.27. The molecule has 0 aliphatic rings. The maximum absolute atomic E-state index is 13.5. The Morgan fingerprint density at radius 3 is 2.45 bits per heavy atom. The third-order valence-electron chi connectivity index (χ3n) is 6.02. The van der Waals surface area contributed by atoms with Gasteiger partial charge >= 0.3 is 0 Å². The Hall–Kier alpha value is -3.17. The number of pyridine rings is 1. The lowest BCUT2D eigenvalue weighted by Gasteiger charge is -2.20. The molecular weight excluding hydrogens is 545 g/mol. The lowest BCUT2D eigenvalue weighted by atomic mass is 10.1. The average molecular weight is 573 g/mol. The first kappa shape index (κ1) is 27.9. The third-order valence-corrected chi connectivity index (χ3v) is 8.76. The van der Waals surface area contributed by atoms with E-state index in [0.29, 0.717) is 28.0 Å². The monoisotopic (exact) mass is 571 g/mol. The van der Waals surface area contributed by atoms with Gasteiger partial charge in [-0.25, -0.2) is 13.4 Å². The van der Waals surface area contributed by atoms with E-state index < -0.39 is 10.0 Å². The molecule has 1 amide bonds. The van der Waals surface area contributed by atoms with Gasteiger partial charge in [0.15, 0.2) is 0 Å². The highest BCUT2D eigenvalue weighted by Crippen LogP contribution is 2.34. The molecule has 3 aromatic carbocycles. The Bertz CT molecular complexity index is 1620. The van der Waals surface area contributed by atoms with Crippen molar-refractivity contribution in [2.24, 2.45) is 0 Å². The summed E-state index contributed by atoms with van der Waals surface area (Å²) < 4.78 is 34.2. The number of carbonyl (C=O) groups excluding carboxylic acids is 1. The van der Waals surface area contributed by atoms with Crippen LogP contribution in [0.1, 0.15) is 27.2 Å². The van der Waals surface area contributed by atoms with Gasteiger partial charge in [-0.1, -0.05) is 53.5 Å². The van der Waals surface area contributed by atoms with Crippen molar-refractivity contribution < 1.29 is 17.9 Å². The molecule has 1 heterocycles. The number of sulfonamides is 1. The summed E-state index contributed by atoms with van der Waals surface area (Å²) in [7, 11) is 0.779. The van der Waals surface area contributed by atoms with Crippen molar-refractivity contribution in [3.63, 3.8) is 0 Å². The number of fused-ring (bicyclic) bond motifs is 1. The first-order chi connectivity index (χ1) is 18.0. The number of hydrogen-bond donors (Lipinski definition) is 0. The van der Waals surface area contributed by atoms with Gasteiger partial charge < -0.3 is 9.64 Å². The summed E-state index contributed by atoms with van der Waals surface area (Å²) in [6.07, 6.45) is 0. The minimum atomic E-state index is -4.00. The lowest BCUT2D eigenvalue weighted by molar-refractivity contribution is 0.0827. The number of halogens is 2. The number of para-hydroxylation sites is 1. The minimum Gasteiger partial charge on any atom is -0.487 e. The van der Waals surface area contributed by atoms with Crippen molar-refractivity contribution in [3.05, 3.63) is 99.2 Å². The number of ether oxygens (including phenoxy) is 1. The smallest absolute Gasteiger partial charge is 0.253 e. The molecule has 0 saturated heterocycles. The Kier molecular flexibility index (Phi) is 8.28. The number of nitrogens with zero attached hydrogens (tertiary/aromatic N) is 3. The Balaban J connectivity index is 1.60. The summed E-state index contributed by atoms with van der Waals surface area (Å²) in [6.45, 7) is 1.89. The molecule has 0 aliphatic heterocycles. The second kappa shape index (κ2) is 11.3. The van der Waals surface area contributed by atoms with Gasteiger partial charge in [-0.15, -0.1) is 0 Å². The number of benzene rings is 3. The van der Waals surface area contributed by atoms with E-state index >= 15 is 0 Å². The van der Waals surface area contributed by atoms with Crippen LogP contribution in [0.25, 0.3) is 10.9 Å². The molecule has 0 spiro atoms. The molecule has 1 aromatic heterocycles. The average Bonchev–Trinajstić information content (AvgIpc) is 2.88. The van der Waals surface area contributed by atoms with Crippen LogP contribution in [0.2, 0.25) is 10.0 Å². The van der Waals surface area contributed by atoms with Gasteiger partial charge in [0.25, 0.3) is 5.91 Å². The lowest BCUT2D eigenvalue weighted by Crippen LogP contribution is -2.27. The fraction of sp³-hybridized carbons (Fsp3) is 0.214. The van der Waals surface area contributed by atoms with Crippen LogP contribution in [0.3, 0.4) is 0 Å². The van der Waals surface area contributed by atoms with Crippen LogP contribution in [0.15, 0.2) is 71.6 Å². The summed E-state index contributed by atoms with van der Waals surface area (Å²) in [5.41, 5.74) is 3.03. The molecule has 7 nitrogen and oxygen atoms in total. The van der Waals surface area contributed by atoms with Gasteiger partial charge in [0, 0.05) is 54.9 Å². The predicted molar refractivity (Wildman–Crippen MR) is 150 cm³/mol. The fourth-order valence-electron chi connectivity index (χ4n) is 3.96. The van der Waals surface area contributed by atoms with Gasteiger partial charge in [-0.3, -0.25) is 4.79 Å². The number of rotatable bonds is 8. The first-order valence-electron chi connectivity index (χ1n) is 11.7. The van der Waals surface area contributed by atoms with Crippen LogP contribution in [0.4, 0.5) is 0 Å². The first-order valence-corrected chi connectivity index (χ1v) is 13.9. The summed E-state index contributed by atoms with van der Waals surface area (Å²) in [5, 5.41) is 1.20. The van der Waals surface area contributed by atoms with E-state index in [4.69, 9.17) is 27.9 Å². The summed E-state index contributed by atoms with van der Waals surface area (Å²) in [4.78, 5) is 18.3. The molecule has 0 saturated carbocycles. The SMILES string of the molecule is Cc1ccc2cccc(OCc3c(Cl)ccc(S(=O)(=O)N(C)Cc4cccc(C(=O)N(C)C)c4)c3Cl)c2n1. The van der Waals surface area contributed by atoms with E-state index in [1.807, 2.05) is 31.2 Å². The quantitative estimate of drug-likeness (QED) is 0.261. The number of carbonyl (C=O) groups is 1. The molecule has 0 bridgehead atoms. The van der Waals surface area contributed by atoms with E-state index in [1.54, 1.807) is 44.4 Å². The topological polar surface area (TPSA) is 79.8 Å². The van der Waals surface area contributed by atoms with Gasteiger partial charge in [0.2, 0.25) is 10.0 Å². The standard InChI is InChI=1S/C28H27Cl2N3O4S/c1-18-11-12-20-8-6-10-24(27(20)31-18)37-17-22-23(29)13-14-25(26(22)30)38(35,36)33(4)16-19-7-5-9-21(15-19)28(34)32(2)3/h5-15H,16-17H2,1-4H3. The molecule has 0 atom stereocenters. The van der Waals surface area contributed by atoms with Crippen molar-refractivity contribution in [3.8, 4) is 5.75 Å². The number of aromatic nitrogens is 1. The Morgan fingerprint density at radius 1 is 0.974 bits per heavy atom. The molecule has 0 N–H and O–H groups in total. The number of aryl methyl sites for hydroxylation is 1. The van der Waals surface area contributed by atoms with Crippen molar-refractivity contribution in [1.29, 1.82) is 0 Å². The molecule has 198 valence electrons. The number of amides is 1. The number of hydrogen-bond acceptors (Lipinski definition) is 5. The summed E-state index contributed by atoms with van der Waals surface area (Å²) in [5.74, 6) is 0.371. The highest BCUT2D eigenvalue weighted by atomic mass is 35.5. The van der Waals surface area contributed by atoms with Gasteiger partial charge in [-0.2, -0.15) is 4.31 Å². The van der Waals surface area contributed by atoms with Crippen LogP contribution in [0.5, 0.6) is 5.75 Å². The molecule has 0 radical (unpaired) electrons. The van der Waals surface area contributed by atoms with E-state index in [-0.39, 0.29) is 34.0 Å². The molecule has 4 aromatic rings. The summed E-state index contributed by atoms with van der Waals surface area (Å²) in [6, 6.07) is 19.2. The minimum absolute atomic E-state index is 0.00902. The summed E-state index contributed by atoms with van der Waals surface area (Å²) >= 11 is 13.0. The van der Waals surface area contributed by atoms with E-state index in [9.17, 15) is 13.2 Å². The van der Waals surface area contributed by atoms with Crippen LogP contribution >= 0.6 is 23.2 Å². The zero-order valence-electron chi connectivity index (χ0n) is 21.4. The van der Waals surface area contributed by atoms with Crippen LogP contribution in [-0.2, 0) is 23.2 Å². The van der Waals surface area contributed by atoms with E-state index in [1.165, 1.54) is 28.4 Å². The molecule has 38 heavy (non-hydrogen) atoms. The van der Waals surface area contributed by atoms with E-state index in [0.717, 1.165) is 11.1 Å². The molecule has 0 unspecified atom stereocenters. The third kappa shape index (κ3) is 5.78. The Morgan fingerprint density at radius 2 is 1.71 bits per heavy atom. The van der Waals surface area contributed by atoms with Crippen LogP contribution in [-0.4, -0.2) is 49.7 Å². The second-order valence-electron chi connectivity index (χ2n) is 9.07. The zero-order chi connectivity index (χ0) is 27.6. The molecule has 0 aliphatic carbocycles. The van der Waals surface area contributed by atoms with Crippen LogP contribution < -0.4 is 4.74 Å². The molecule has 0 fully saturated rings. The fourth-order valence-corrected chi connectivity index (χ4v) is 5.98. The van der Waals surface area contributed by atoms with Gasteiger partial charge in [0.1, 0.15) is 22.8 Å². The van der Waals surface area contributed by atoms with Crippen molar-refractivity contribution in [1.82, 2.24) is 14.2 Å². The van der Waals surface area contributed by atoms with Gasteiger partial charge in [0.05, 0.1) is 5.02 Å². The van der Waals surface area contributed by atoms with Crippen molar-refractivity contribution in [2.45, 2.75) is 25.0 Å². The van der Waals surface area contributed by atoms with E-state index in [2.05, 4.69) is 4.98 Å². The highest BCUT2D eigenvalue weighted by molar-refractivity contribution is 7.89. The largest absolute Gasteiger partial charge is 0.487 e. The Labute approximate surface area is 232 Å². The second-order valence-corrected chi connectivity index (χ2v) is 11.9. The van der Waals surface area contributed by atoms with Crippen molar-refractivity contribution in [2.75, 3.05) is 21.1 Å². The predicted octanol–water partition coefficient (Wildman–Crippen LogP) is 5.95. The normalized spacial score (nSPS) is 11.7. The molecule has 4 rings (SSSR count). The van der Waals surface area contributed by atoms with Crippen molar-refractivity contribution >= 4 is 50.0 Å². The van der Waals surface area contributed by atoms with Crippen LogP contribution in [0, 0.1) is 6.92 Å². The van der Waals surface area contributed by atoms with Gasteiger partial charge in [-0.05, 0) is 48.9 Å².